The van der Waals surface area contributed by atoms with Crippen molar-refractivity contribution in [3.63, 3.8) is 0 Å². The van der Waals surface area contributed by atoms with E-state index in [1.54, 1.807) is 12.1 Å². The molecule has 2 nitrogen and oxygen atoms in total. The van der Waals surface area contributed by atoms with Gasteiger partial charge in [0.2, 0.25) is 0 Å². The summed E-state index contributed by atoms with van der Waals surface area (Å²) in [6.45, 7) is 1.24. The molecular formula is C11H14ClF3N2. The summed E-state index contributed by atoms with van der Waals surface area (Å²) in [5, 5.41) is 0. The molecule has 96 valence electrons. The van der Waals surface area contributed by atoms with Gasteiger partial charge in [0.15, 0.2) is 0 Å². The van der Waals surface area contributed by atoms with Crippen LogP contribution in [0.25, 0.3) is 0 Å². The van der Waals surface area contributed by atoms with Crippen molar-refractivity contribution in [1.82, 2.24) is 4.98 Å². The Balaban J connectivity index is 2.88. The number of nitrogens with zero attached hydrogens (tertiary/aromatic N) is 2. The molecule has 1 heterocycles. The first kappa shape index (κ1) is 14.1. The Morgan fingerprint density at radius 1 is 1.41 bits per heavy atom. The fraction of sp³-hybridized carbons (Fsp3) is 0.545. The van der Waals surface area contributed by atoms with E-state index in [0.29, 0.717) is 24.3 Å². The van der Waals surface area contributed by atoms with Gasteiger partial charge in [-0.15, -0.1) is 11.6 Å². The summed E-state index contributed by atoms with van der Waals surface area (Å²) >= 11 is 5.61. The highest BCUT2D eigenvalue weighted by Crippen LogP contribution is 2.22. The molecule has 6 heteroatoms. The van der Waals surface area contributed by atoms with E-state index < -0.39 is 12.7 Å². The van der Waals surface area contributed by atoms with Crippen LogP contribution in [0.15, 0.2) is 18.3 Å². The van der Waals surface area contributed by atoms with Crippen molar-refractivity contribution in [2.45, 2.75) is 25.4 Å². The number of pyridine rings is 1. The van der Waals surface area contributed by atoms with Crippen LogP contribution >= 0.6 is 11.6 Å². The molecule has 0 aliphatic carbocycles. The lowest BCUT2D eigenvalue weighted by molar-refractivity contribution is -0.119. The van der Waals surface area contributed by atoms with Gasteiger partial charge in [0.1, 0.15) is 6.54 Å². The second kappa shape index (κ2) is 6.10. The summed E-state index contributed by atoms with van der Waals surface area (Å²) in [6.07, 6.45) is -2.08. The lowest BCUT2D eigenvalue weighted by Gasteiger charge is -2.25. The number of aromatic nitrogens is 1. The van der Waals surface area contributed by atoms with E-state index in [0.717, 1.165) is 0 Å². The van der Waals surface area contributed by atoms with Gasteiger partial charge < -0.3 is 4.90 Å². The van der Waals surface area contributed by atoms with E-state index in [9.17, 15) is 13.2 Å². The quantitative estimate of drug-likeness (QED) is 0.757. The standard InChI is InChI=1S/C11H14ClF3N2/c1-2-5-17(8-11(13,14)15)10-3-4-16-9(6-10)7-12/h3-4,6H,2,5,7-8H2,1H3. The van der Waals surface area contributed by atoms with Crippen LogP contribution in [0.3, 0.4) is 0 Å². The first-order valence-corrected chi connectivity index (χ1v) is 5.82. The highest BCUT2D eigenvalue weighted by molar-refractivity contribution is 6.16. The Bertz CT molecular complexity index is 355. The van der Waals surface area contributed by atoms with Gasteiger partial charge in [0.05, 0.1) is 11.6 Å². The number of hydrogen-bond acceptors (Lipinski definition) is 2. The number of hydrogen-bond donors (Lipinski definition) is 0. The van der Waals surface area contributed by atoms with Gasteiger partial charge in [-0.1, -0.05) is 6.92 Å². The molecule has 0 fully saturated rings. The third kappa shape index (κ3) is 4.81. The fourth-order valence-electron chi connectivity index (χ4n) is 1.52. The Morgan fingerprint density at radius 3 is 2.65 bits per heavy atom. The Hall–Kier alpha value is -0.970. The molecular weight excluding hydrogens is 253 g/mol. The van der Waals surface area contributed by atoms with E-state index in [2.05, 4.69) is 4.98 Å². The SMILES string of the molecule is CCCN(CC(F)(F)F)c1ccnc(CCl)c1. The topological polar surface area (TPSA) is 16.1 Å². The molecule has 0 bridgehead atoms. The van der Waals surface area contributed by atoms with Crippen LogP contribution in [0.2, 0.25) is 0 Å². The molecule has 0 aliphatic rings. The molecule has 0 atom stereocenters. The van der Waals surface area contributed by atoms with Gasteiger partial charge in [-0.2, -0.15) is 13.2 Å². The van der Waals surface area contributed by atoms with Crippen molar-refractivity contribution in [2.75, 3.05) is 18.0 Å². The van der Waals surface area contributed by atoms with Crippen molar-refractivity contribution in [2.24, 2.45) is 0 Å². The zero-order chi connectivity index (χ0) is 12.9. The molecule has 17 heavy (non-hydrogen) atoms. The molecule has 0 radical (unpaired) electrons. The average molecular weight is 267 g/mol. The Labute approximate surface area is 103 Å². The average Bonchev–Trinajstić information content (AvgIpc) is 2.27. The first-order valence-electron chi connectivity index (χ1n) is 5.29. The van der Waals surface area contributed by atoms with Crippen molar-refractivity contribution >= 4 is 17.3 Å². The van der Waals surface area contributed by atoms with E-state index in [1.165, 1.54) is 11.1 Å². The van der Waals surface area contributed by atoms with Crippen molar-refractivity contribution in [1.29, 1.82) is 0 Å². The normalized spacial score (nSPS) is 11.6. The molecule has 0 unspecified atom stereocenters. The van der Waals surface area contributed by atoms with Gasteiger partial charge >= 0.3 is 6.18 Å². The minimum atomic E-state index is -4.21. The van der Waals surface area contributed by atoms with Gasteiger partial charge in [0, 0.05) is 18.4 Å². The first-order chi connectivity index (χ1) is 7.96. The van der Waals surface area contributed by atoms with Gasteiger partial charge in [-0.25, -0.2) is 0 Å². The smallest absolute Gasteiger partial charge is 0.362 e. The lowest BCUT2D eigenvalue weighted by Crippen LogP contribution is -2.34. The van der Waals surface area contributed by atoms with Crippen molar-refractivity contribution in [3.8, 4) is 0 Å². The van der Waals surface area contributed by atoms with Crippen molar-refractivity contribution in [3.05, 3.63) is 24.0 Å². The zero-order valence-electron chi connectivity index (χ0n) is 9.47. The minimum Gasteiger partial charge on any atom is -0.362 e. The maximum Gasteiger partial charge on any atom is 0.405 e. The molecule has 0 saturated heterocycles. The highest BCUT2D eigenvalue weighted by atomic mass is 35.5. The molecule has 0 spiro atoms. The third-order valence-corrected chi connectivity index (χ3v) is 2.44. The van der Waals surface area contributed by atoms with Crippen LogP contribution in [0, 0.1) is 0 Å². The minimum absolute atomic E-state index is 0.194. The monoisotopic (exact) mass is 266 g/mol. The van der Waals surface area contributed by atoms with Gasteiger partial charge in [-0.3, -0.25) is 4.98 Å². The Kier molecular flexibility index (Phi) is 5.05. The lowest BCUT2D eigenvalue weighted by atomic mass is 10.2. The number of halogens is 4. The largest absolute Gasteiger partial charge is 0.405 e. The van der Waals surface area contributed by atoms with Gasteiger partial charge in [-0.05, 0) is 18.6 Å². The fourth-order valence-corrected chi connectivity index (χ4v) is 1.67. The third-order valence-electron chi connectivity index (χ3n) is 2.17. The predicted octanol–water partition coefficient (Wildman–Crippen LogP) is 3.60. The summed E-state index contributed by atoms with van der Waals surface area (Å²) in [6, 6.07) is 3.16. The molecule has 0 amide bonds. The molecule has 0 aromatic carbocycles. The maximum absolute atomic E-state index is 12.4. The van der Waals surface area contributed by atoms with E-state index >= 15 is 0 Å². The molecule has 0 aliphatic heterocycles. The van der Waals surface area contributed by atoms with Crippen LogP contribution in [-0.4, -0.2) is 24.2 Å². The maximum atomic E-state index is 12.4. The Morgan fingerprint density at radius 2 is 2.12 bits per heavy atom. The van der Waals surface area contributed by atoms with Crippen LogP contribution in [0.1, 0.15) is 19.0 Å². The van der Waals surface area contributed by atoms with E-state index in [4.69, 9.17) is 11.6 Å². The highest BCUT2D eigenvalue weighted by Gasteiger charge is 2.30. The summed E-state index contributed by atoms with van der Waals surface area (Å²) in [7, 11) is 0. The van der Waals surface area contributed by atoms with Crippen LogP contribution in [0.4, 0.5) is 18.9 Å². The van der Waals surface area contributed by atoms with E-state index in [1.807, 2.05) is 6.92 Å². The number of alkyl halides is 4. The summed E-state index contributed by atoms with van der Waals surface area (Å²) < 4.78 is 37.2. The number of rotatable bonds is 5. The molecule has 1 aromatic heterocycles. The second-order valence-electron chi connectivity index (χ2n) is 3.68. The molecule has 1 aromatic rings. The summed E-state index contributed by atoms with van der Waals surface area (Å²) in [5.41, 5.74) is 1.09. The summed E-state index contributed by atoms with van der Waals surface area (Å²) in [4.78, 5) is 5.25. The van der Waals surface area contributed by atoms with Gasteiger partial charge in [0.25, 0.3) is 0 Å². The number of anilines is 1. The molecule has 1 rings (SSSR count). The van der Waals surface area contributed by atoms with Crippen LogP contribution in [-0.2, 0) is 5.88 Å². The van der Waals surface area contributed by atoms with E-state index in [-0.39, 0.29) is 5.88 Å². The molecule has 0 saturated carbocycles. The van der Waals surface area contributed by atoms with Crippen molar-refractivity contribution < 1.29 is 13.2 Å². The van der Waals surface area contributed by atoms with Crippen LogP contribution < -0.4 is 4.90 Å². The molecule has 0 N–H and O–H groups in total. The van der Waals surface area contributed by atoms with Crippen LogP contribution in [0.5, 0.6) is 0 Å². The summed E-state index contributed by atoms with van der Waals surface area (Å²) in [5.74, 6) is 0.194. The zero-order valence-corrected chi connectivity index (χ0v) is 10.2. The second-order valence-corrected chi connectivity index (χ2v) is 3.94. The predicted molar refractivity (Wildman–Crippen MR) is 62.4 cm³/mol.